The number of carbonyl (C=O) groups is 3. The SMILES string of the molecule is CCn1c(C)cc(C(=O)OCC(=O)c2ccc(NC(=O)C(C)(C)C)cc2)c1C. The number of hydrogen-bond acceptors (Lipinski definition) is 4. The molecule has 0 aliphatic heterocycles. The van der Waals surface area contributed by atoms with Crippen molar-refractivity contribution in [2.75, 3.05) is 11.9 Å². The average Bonchev–Trinajstić information content (AvgIpc) is 2.92. The van der Waals surface area contributed by atoms with Gasteiger partial charge in [-0.1, -0.05) is 20.8 Å². The number of anilines is 1. The van der Waals surface area contributed by atoms with E-state index in [4.69, 9.17) is 4.74 Å². The van der Waals surface area contributed by atoms with Crippen molar-refractivity contribution >= 4 is 23.3 Å². The Morgan fingerprint density at radius 1 is 1.07 bits per heavy atom. The highest BCUT2D eigenvalue weighted by Gasteiger charge is 2.21. The van der Waals surface area contributed by atoms with Crippen LogP contribution in [0.2, 0.25) is 0 Å². The van der Waals surface area contributed by atoms with Crippen molar-refractivity contribution in [3.8, 4) is 0 Å². The molecule has 2 aromatic rings. The van der Waals surface area contributed by atoms with E-state index in [1.807, 2.05) is 46.1 Å². The fourth-order valence-electron chi connectivity index (χ4n) is 2.84. The second-order valence-electron chi connectivity index (χ2n) is 7.81. The van der Waals surface area contributed by atoms with Crippen molar-refractivity contribution in [1.29, 1.82) is 0 Å². The molecular formula is C22H28N2O4. The van der Waals surface area contributed by atoms with E-state index in [1.54, 1.807) is 30.3 Å². The van der Waals surface area contributed by atoms with Crippen LogP contribution in [0.25, 0.3) is 0 Å². The summed E-state index contributed by atoms with van der Waals surface area (Å²) in [7, 11) is 0. The molecule has 2 rings (SSSR count). The van der Waals surface area contributed by atoms with Gasteiger partial charge in [-0.2, -0.15) is 0 Å². The number of benzene rings is 1. The van der Waals surface area contributed by atoms with Gasteiger partial charge in [0.25, 0.3) is 0 Å². The van der Waals surface area contributed by atoms with Gasteiger partial charge in [0, 0.05) is 34.6 Å². The molecule has 28 heavy (non-hydrogen) atoms. The van der Waals surface area contributed by atoms with Gasteiger partial charge in [-0.3, -0.25) is 9.59 Å². The number of nitrogens with one attached hydrogen (secondary N) is 1. The van der Waals surface area contributed by atoms with Crippen LogP contribution in [0.1, 0.15) is 59.8 Å². The number of ether oxygens (including phenoxy) is 1. The molecule has 0 saturated heterocycles. The van der Waals surface area contributed by atoms with Gasteiger partial charge >= 0.3 is 5.97 Å². The van der Waals surface area contributed by atoms with Gasteiger partial charge in [0.05, 0.1) is 5.56 Å². The Morgan fingerprint density at radius 3 is 2.18 bits per heavy atom. The Labute approximate surface area is 165 Å². The topological polar surface area (TPSA) is 77.4 Å². The molecule has 1 heterocycles. The van der Waals surface area contributed by atoms with Gasteiger partial charge in [-0.25, -0.2) is 4.79 Å². The molecule has 0 saturated carbocycles. The first-order chi connectivity index (χ1) is 13.0. The molecule has 0 unspecified atom stereocenters. The Kier molecular flexibility index (Phi) is 6.44. The molecule has 1 amide bonds. The minimum Gasteiger partial charge on any atom is -0.454 e. The van der Waals surface area contributed by atoms with Crippen molar-refractivity contribution in [3.05, 3.63) is 52.8 Å². The van der Waals surface area contributed by atoms with Crippen LogP contribution in [-0.4, -0.2) is 28.8 Å². The van der Waals surface area contributed by atoms with E-state index >= 15 is 0 Å². The van der Waals surface area contributed by atoms with Crippen LogP contribution >= 0.6 is 0 Å². The molecule has 0 bridgehead atoms. The Morgan fingerprint density at radius 2 is 1.68 bits per heavy atom. The monoisotopic (exact) mass is 384 g/mol. The van der Waals surface area contributed by atoms with Crippen molar-refractivity contribution in [3.63, 3.8) is 0 Å². The van der Waals surface area contributed by atoms with E-state index in [-0.39, 0.29) is 18.3 Å². The molecule has 0 fully saturated rings. The van der Waals surface area contributed by atoms with Crippen LogP contribution in [0.15, 0.2) is 30.3 Å². The fourth-order valence-corrected chi connectivity index (χ4v) is 2.84. The summed E-state index contributed by atoms with van der Waals surface area (Å²) in [4.78, 5) is 36.6. The van der Waals surface area contributed by atoms with E-state index in [0.717, 1.165) is 17.9 Å². The number of rotatable bonds is 6. The van der Waals surface area contributed by atoms with Gasteiger partial charge in [-0.15, -0.1) is 0 Å². The maximum Gasteiger partial charge on any atom is 0.340 e. The summed E-state index contributed by atoms with van der Waals surface area (Å²) >= 11 is 0. The standard InChI is InChI=1S/C22H28N2O4/c1-7-24-14(2)12-18(15(24)3)20(26)28-13-19(25)16-8-10-17(11-9-16)23-21(27)22(4,5)6/h8-12H,7,13H2,1-6H3,(H,23,27). The van der Waals surface area contributed by atoms with E-state index in [0.29, 0.717) is 16.8 Å². The van der Waals surface area contributed by atoms with Gasteiger partial charge in [-0.05, 0) is 51.1 Å². The van der Waals surface area contributed by atoms with Gasteiger partial charge < -0.3 is 14.6 Å². The highest BCUT2D eigenvalue weighted by molar-refractivity contribution is 6.00. The molecule has 1 aromatic heterocycles. The lowest BCUT2D eigenvalue weighted by Gasteiger charge is -2.17. The number of hydrogen-bond donors (Lipinski definition) is 1. The van der Waals surface area contributed by atoms with Gasteiger partial charge in [0.15, 0.2) is 12.4 Å². The summed E-state index contributed by atoms with van der Waals surface area (Å²) in [6.07, 6.45) is 0. The third kappa shape index (κ3) is 4.88. The maximum atomic E-state index is 12.3. The first kappa shape index (κ1) is 21.4. The summed E-state index contributed by atoms with van der Waals surface area (Å²) in [6.45, 7) is 11.7. The van der Waals surface area contributed by atoms with E-state index in [9.17, 15) is 14.4 Å². The zero-order valence-corrected chi connectivity index (χ0v) is 17.4. The predicted octanol–water partition coefficient (Wildman–Crippen LogP) is 4.15. The normalized spacial score (nSPS) is 11.2. The molecule has 0 atom stereocenters. The minimum atomic E-state index is -0.504. The highest BCUT2D eigenvalue weighted by Crippen LogP contribution is 2.19. The Bertz CT molecular complexity index is 886. The lowest BCUT2D eigenvalue weighted by atomic mass is 9.95. The third-order valence-electron chi connectivity index (χ3n) is 4.59. The molecule has 0 radical (unpaired) electrons. The number of nitrogens with zero attached hydrogens (tertiary/aromatic N) is 1. The van der Waals surface area contributed by atoms with Crippen LogP contribution in [-0.2, 0) is 16.1 Å². The first-order valence-corrected chi connectivity index (χ1v) is 9.33. The minimum absolute atomic E-state index is 0.106. The lowest BCUT2D eigenvalue weighted by molar-refractivity contribution is -0.123. The zero-order chi connectivity index (χ0) is 21.1. The number of Topliss-reactive ketones (excluding diaryl/α,β-unsaturated/α-hetero) is 1. The summed E-state index contributed by atoms with van der Waals surface area (Å²) in [6, 6.07) is 8.31. The molecule has 150 valence electrons. The quantitative estimate of drug-likeness (QED) is 0.599. The molecule has 0 aliphatic rings. The predicted molar refractivity (Wildman–Crippen MR) is 109 cm³/mol. The molecule has 0 spiro atoms. The Hall–Kier alpha value is -2.89. The number of amides is 1. The van der Waals surface area contributed by atoms with Crippen LogP contribution in [0.5, 0.6) is 0 Å². The Balaban J connectivity index is 1.98. The maximum absolute atomic E-state index is 12.3. The van der Waals surface area contributed by atoms with Crippen LogP contribution in [0.4, 0.5) is 5.69 Å². The third-order valence-corrected chi connectivity index (χ3v) is 4.59. The van der Waals surface area contributed by atoms with Crippen LogP contribution < -0.4 is 5.32 Å². The van der Waals surface area contributed by atoms with Crippen molar-refractivity contribution < 1.29 is 19.1 Å². The molecule has 1 aromatic carbocycles. The zero-order valence-electron chi connectivity index (χ0n) is 17.4. The molecule has 1 N–H and O–H groups in total. The lowest BCUT2D eigenvalue weighted by Crippen LogP contribution is -2.27. The van der Waals surface area contributed by atoms with Crippen molar-refractivity contribution in [1.82, 2.24) is 4.57 Å². The number of carbonyl (C=O) groups excluding carboxylic acids is 3. The summed E-state index contributed by atoms with van der Waals surface area (Å²) in [5, 5.41) is 2.80. The molecule has 6 nitrogen and oxygen atoms in total. The van der Waals surface area contributed by atoms with Crippen LogP contribution in [0.3, 0.4) is 0 Å². The van der Waals surface area contributed by atoms with E-state index in [2.05, 4.69) is 5.32 Å². The van der Waals surface area contributed by atoms with Gasteiger partial charge in [0.2, 0.25) is 5.91 Å². The van der Waals surface area contributed by atoms with Gasteiger partial charge in [0.1, 0.15) is 0 Å². The van der Waals surface area contributed by atoms with Crippen molar-refractivity contribution in [2.45, 2.75) is 48.1 Å². The van der Waals surface area contributed by atoms with E-state index in [1.165, 1.54) is 0 Å². The van der Waals surface area contributed by atoms with Crippen molar-refractivity contribution in [2.24, 2.45) is 5.41 Å². The fraction of sp³-hybridized carbons (Fsp3) is 0.409. The molecule has 0 aliphatic carbocycles. The van der Waals surface area contributed by atoms with E-state index < -0.39 is 11.4 Å². The van der Waals surface area contributed by atoms with Crippen LogP contribution in [0, 0.1) is 19.3 Å². The number of aromatic nitrogens is 1. The number of esters is 1. The number of ketones is 1. The highest BCUT2D eigenvalue weighted by atomic mass is 16.5. The molecular weight excluding hydrogens is 356 g/mol. The average molecular weight is 384 g/mol. The summed E-state index contributed by atoms with van der Waals surface area (Å²) in [5.41, 5.74) is 2.81. The number of aryl methyl sites for hydroxylation is 1. The second-order valence-corrected chi connectivity index (χ2v) is 7.81. The summed E-state index contributed by atoms with van der Waals surface area (Å²) < 4.78 is 7.22. The first-order valence-electron chi connectivity index (χ1n) is 9.33. The second kappa shape index (κ2) is 8.42. The molecule has 6 heteroatoms. The smallest absolute Gasteiger partial charge is 0.340 e. The summed E-state index contributed by atoms with van der Waals surface area (Å²) in [5.74, 6) is -0.910. The largest absolute Gasteiger partial charge is 0.454 e.